The Morgan fingerprint density at radius 1 is 0.978 bits per heavy atom. The van der Waals surface area contributed by atoms with E-state index in [1.807, 2.05) is 19.1 Å². The molecule has 0 spiro atoms. The number of aliphatic hydroxyl groups excluding tert-OH is 1. The van der Waals surface area contributed by atoms with Crippen molar-refractivity contribution in [1.82, 2.24) is 9.47 Å². The van der Waals surface area contributed by atoms with Crippen molar-refractivity contribution in [3.8, 4) is 34.8 Å². The molecule has 2 aliphatic rings. The van der Waals surface area contributed by atoms with Gasteiger partial charge in [0.2, 0.25) is 0 Å². The SMILES string of the molecule is Cc1cc(CN2C[C@H](O)CC2C(=O)O)c(OCc2cccc(C#N)c2)cc1OCc1cccn(-c2ccc3c(c2)OCCO3)c1=O. The fraction of sp³-hybridized carbons (Fsp3) is 0.286. The van der Waals surface area contributed by atoms with Crippen molar-refractivity contribution in [1.29, 1.82) is 5.26 Å². The Labute approximate surface area is 265 Å². The molecule has 0 amide bonds. The Kier molecular flexibility index (Phi) is 8.92. The molecular formula is C35H33N3O8. The van der Waals surface area contributed by atoms with Gasteiger partial charge in [-0.3, -0.25) is 19.1 Å². The van der Waals surface area contributed by atoms with Crippen LogP contribution in [0.1, 0.15) is 34.2 Å². The number of aliphatic carboxylic acids is 1. The summed E-state index contributed by atoms with van der Waals surface area (Å²) in [5.74, 6) is 1.19. The third-order valence-electron chi connectivity index (χ3n) is 8.06. The van der Waals surface area contributed by atoms with Crippen molar-refractivity contribution >= 4 is 5.97 Å². The summed E-state index contributed by atoms with van der Waals surface area (Å²) >= 11 is 0. The highest BCUT2D eigenvalue weighted by molar-refractivity contribution is 5.74. The monoisotopic (exact) mass is 623 g/mol. The zero-order chi connectivity index (χ0) is 32.2. The van der Waals surface area contributed by atoms with Crippen LogP contribution in [0.4, 0.5) is 0 Å². The number of hydrogen-bond acceptors (Lipinski definition) is 9. The van der Waals surface area contributed by atoms with Crippen molar-refractivity contribution < 1.29 is 34.0 Å². The number of likely N-dealkylation sites (tertiary alicyclic amines) is 1. The Balaban J connectivity index is 1.26. The lowest BCUT2D eigenvalue weighted by Gasteiger charge is -2.23. The molecule has 11 heteroatoms. The third kappa shape index (κ3) is 6.68. The van der Waals surface area contributed by atoms with Gasteiger partial charge in [0.1, 0.15) is 44.0 Å². The molecule has 2 atom stereocenters. The van der Waals surface area contributed by atoms with Gasteiger partial charge in [-0.2, -0.15) is 5.26 Å². The number of rotatable bonds is 10. The molecule has 3 heterocycles. The molecule has 1 unspecified atom stereocenters. The Hall–Kier alpha value is -5.31. The standard InChI is InChI=1S/C35H33N3O8/c1-22-12-26(18-37-19-28(39)15-29(37)35(41)42)32(45-20-24-5-2-4-23(13-24)17-36)16-31(22)46-21-25-6-3-9-38(34(25)40)27-7-8-30-33(14-27)44-11-10-43-30/h2-9,12-14,16,28-29,39H,10-11,15,18-21H2,1H3,(H,41,42)/t28-,29?/m1/s1. The first-order valence-corrected chi connectivity index (χ1v) is 14.9. The molecule has 2 N–H and O–H groups in total. The highest BCUT2D eigenvalue weighted by atomic mass is 16.6. The van der Waals surface area contributed by atoms with Gasteiger partial charge in [0.25, 0.3) is 5.56 Å². The van der Waals surface area contributed by atoms with Crippen LogP contribution in [-0.4, -0.2) is 57.6 Å². The first-order chi connectivity index (χ1) is 22.3. The van der Waals surface area contributed by atoms with Gasteiger partial charge in [-0.25, -0.2) is 0 Å². The minimum atomic E-state index is -0.992. The lowest BCUT2D eigenvalue weighted by Crippen LogP contribution is -2.35. The molecule has 4 aromatic rings. The molecule has 0 bridgehead atoms. The van der Waals surface area contributed by atoms with E-state index in [4.69, 9.17) is 18.9 Å². The summed E-state index contributed by atoms with van der Waals surface area (Å²) in [5.41, 5.74) is 3.62. The van der Waals surface area contributed by atoms with Crippen molar-refractivity contribution in [2.45, 2.75) is 45.2 Å². The maximum atomic E-state index is 13.5. The fourth-order valence-corrected chi connectivity index (χ4v) is 5.75. The molecule has 2 aliphatic heterocycles. The quantitative estimate of drug-likeness (QED) is 0.266. The van der Waals surface area contributed by atoms with E-state index >= 15 is 0 Å². The summed E-state index contributed by atoms with van der Waals surface area (Å²) in [4.78, 5) is 27.1. The van der Waals surface area contributed by atoms with Crippen molar-refractivity contribution in [3.05, 3.63) is 111 Å². The zero-order valence-electron chi connectivity index (χ0n) is 25.2. The number of aromatic nitrogens is 1. The topological polar surface area (TPSA) is 143 Å². The molecule has 0 radical (unpaired) electrons. The summed E-state index contributed by atoms with van der Waals surface area (Å²) in [6, 6.07) is 20.8. The van der Waals surface area contributed by atoms with Crippen LogP contribution in [0.15, 0.2) is 77.7 Å². The van der Waals surface area contributed by atoms with E-state index in [-0.39, 0.29) is 38.3 Å². The summed E-state index contributed by atoms with van der Waals surface area (Å²) in [7, 11) is 0. The summed E-state index contributed by atoms with van der Waals surface area (Å²) < 4.78 is 25.2. The van der Waals surface area contributed by atoms with Crippen molar-refractivity contribution in [2.24, 2.45) is 0 Å². The van der Waals surface area contributed by atoms with Gasteiger partial charge in [-0.05, 0) is 60.5 Å². The third-order valence-corrected chi connectivity index (χ3v) is 8.06. The lowest BCUT2D eigenvalue weighted by molar-refractivity contribution is -0.142. The van der Waals surface area contributed by atoms with Crippen LogP contribution in [0, 0.1) is 18.3 Å². The van der Waals surface area contributed by atoms with Crippen LogP contribution in [0.25, 0.3) is 5.69 Å². The van der Waals surface area contributed by atoms with Crippen molar-refractivity contribution in [3.63, 3.8) is 0 Å². The summed E-state index contributed by atoms with van der Waals surface area (Å²) in [5, 5.41) is 29.2. The molecule has 6 rings (SSSR count). The molecule has 11 nitrogen and oxygen atoms in total. The average molecular weight is 624 g/mol. The van der Waals surface area contributed by atoms with Crippen LogP contribution >= 0.6 is 0 Å². The van der Waals surface area contributed by atoms with Gasteiger partial charge >= 0.3 is 5.97 Å². The molecule has 0 saturated carbocycles. The predicted molar refractivity (Wildman–Crippen MR) is 166 cm³/mol. The highest BCUT2D eigenvalue weighted by Gasteiger charge is 2.36. The predicted octanol–water partition coefficient (Wildman–Crippen LogP) is 3.97. The van der Waals surface area contributed by atoms with E-state index in [2.05, 4.69) is 6.07 Å². The number of hydrogen-bond donors (Lipinski definition) is 2. The van der Waals surface area contributed by atoms with Gasteiger partial charge < -0.3 is 29.2 Å². The van der Waals surface area contributed by atoms with E-state index in [9.17, 15) is 25.1 Å². The molecule has 1 aromatic heterocycles. The van der Waals surface area contributed by atoms with Crippen LogP contribution < -0.4 is 24.5 Å². The van der Waals surface area contributed by atoms with Gasteiger partial charge in [-0.1, -0.05) is 12.1 Å². The minimum Gasteiger partial charge on any atom is -0.488 e. The highest BCUT2D eigenvalue weighted by Crippen LogP contribution is 2.34. The number of nitriles is 1. The van der Waals surface area contributed by atoms with E-state index in [1.165, 1.54) is 4.57 Å². The molecule has 1 saturated heterocycles. The Morgan fingerprint density at radius 2 is 1.78 bits per heavy atom. The molecule has 0 aliphatic carbocycles. The van der Waals surface area contributed by atoms with E-state index < -0.39 is 18.1 Å². The van der Waals surface area contributed by atoms with Crippen LogP contribution in [0.2, 0.25) is 0 Å². The number of β-amino-alcohol motifs (C(OH)–C–C–N with tert-alkyl or cyclic N) is 1. The number of benzene rings is 3. The molecule has 1 fully saturated rings. The van der Waals surface area contributed by atoms with E-state index in [0.717, 1.165) is 16.7 Å². The normalized spacial score (nSPS) is 17.3. The lowest BCUT2D eigenvalue weighted by atomic mass is 10.1. The number of carbonyl (C=O) groups is 1. The summed E-state index contributed by atoms with van der Waals surface area (Å²) in [6.07, 6.45) is 1.09. The van der Waals surface area contributed by atoms with Gasteiger partial charge in [0.05, 0.1) is 29.0 Å². The first kappa shape index (κ1) is 30.7. The zero-order valence-corrected chi connectivity index (χ0v) is 25.2. The second-order valence-electron chi connectivity index (χ2n) is 11.3. The number of aryl methyl sites for hydroxylation is 1. The molecule has 236 valence electrons. The number of carboxylic acid groups (broad SMARTS) is 1. The van der Waals surface area contributed by atoms with Crippen molar-refractivity contribution in [2.75, 3.05) is 19.8 Å². The van der Waals surface area contributed by atoms with Gasteiger partial charge in [0, 0.05) is 43.4 Å². The van der Waals surface area contributed by atoms with Gasteiger partial charge in [0.15, 0.2) is 11.5 Å². The maximum Gasteiger partial charge on any atom is 0.321 e. The maximum absolute atomic E-state index is 13.5. The fourth-order valence-electron chi connectivity index (χ4n) is 5.75. The van der Waals surface area contributed by atoms with E-state index in [0.29, 0.717) is 53.0 Å². The second-order valence-corrected chi connectivity index (χ2v) is 11.3. The molecule has 3 aromatic carbocycles. The smallest absolute Gasteiger partial charge is 0.321 e. The van der Waals surface area contributed by atoms with Crippen LogP contribution in [-0.2, 0) is 24.6 Å². The number of ether oxygens (including phenoxy) is 4. The molecule has 46 heavy (non-hydrogen) atoms. The largest absolute Gasteiger partial charge is 0.488 e. The first-order valence-electron chi connectivity index (χ1n) is 14.9. The number of aliphatic hydroxyl groups is 1. The number of nitrogens with zero attached hydrogens (tertiary/aromatic N) is 3. The Morgan fingerprint density at radius 3 is 2.59 bits per heavy atom. The average Bonchev–Trinajstić information content (AvgIpc) is 3.44. The Bertz CT molecular complexity index is 1860. The number of pyridine rings is 1. The summed E-state index contributed by atoms with van der Waals surface area (Å²) in [6.45, 7) is 3.40. The van der Waals surface area contributed by atoms with Gasteiger partial charge in [-0.15, -0.1) is 0 Å². The second kappa shape index (κ2) is 13.4. The van der Waals surface area contributed by atoms with Crippen LogP contribution in [0.3, 0.4) is 0 Å². The van der Waals surface area contributed by atoms with Crippen LogP contribution in [0.5, 0.6) is 23.0 Å². The minimum absolute atomic E-state index is 0.00648. The van der Waals surface area contributed by atoms with E-state index in [1.54, 1.807) is 65.7 Å². The number of carboxylic acids is 1. The number of fused-ring (bicyclic) bond motifs is 1. The molecular weight excluding hydrogens is 590 g/mol.